The molecule has 1 aromatic heterocycles. The van der Waals surface area contributed by atoms with Crippen molar-refractivity contribution in [3.63, 3.8) is 0 Å². The van der Waals surface area contributed by atoms with E-state index in [1.165, 1.54) is 12.5 Å². The maximum absolute atomic E-state index is 13.6. The number of imidazole rings is 1. The number of amides is 2. The minimum Gasteiger partial charge on any atom is -0.480 e. The van der Waals surface area contributed by atoms with Crippen molar-refractivity contribution in [2.45, 2.75) is 96.8 Å². The molecule has 0 spiro atoms. The lowest BCUT2D eigenvalue weighted by molar-refractivity contribution is -0.147. The Labute approximate surface area is 213 Å². The first kappa shape index (κ1) is 25.9. The van der Waals surface area contributed by atoms with Crippen LogP contribution in [0.2, 0.25) is 0 Å². The van der Waals surface area contributed by atoms with E-state index in [9.17, 15) is 19.5 Å². The summed E-state index contributed by atoms with van der Waals surface area (Å²) in [6.07, 6.45) is 6.90. The average Bonchev–Trinajstić information content (AvgIpc) is 3.24. The van der Waals surface area contributed by atoms with Gasteiger partial charge in [-0.15, -0.1) is 0 Å². The third-order valence-corrected chi connectivity index (χ3v) is 7.56. The third-order valence-electron chi connectivity index (χ3n) is 7.56. The Morgan fingerprint density at radius 2 is 1.78 bits per heavy atom. The fourth-order valence-corrected chi connectivity index (χ4v) is 5.23. The van der Waals surface area contributed by atoms with Crippen LogP contribution in [0.5, 0.6) is 0 Å². The van der Waals surface area contributed by atoms with Crippen molar-refractivity contribution >= 4 is 17.8 Å². The van der Waals surface area contributed by atoms with Crippen molar-refractivity contribution in [2.24, 2.45) is 5.92 Å². The van der Waals surface area contributed by atoms with Gasteiger partial charge in [0.1, 0.15) is 12.1 Å². The Morgan fingerprint density at radius 3 is 2.39 bits per heavy atom. The molecule has 36 heavy (non-hydrogen) atoms. The van der Waals surface area contributed by atoms with E-state index in [0.717, 1.165) is 49.1 Å². The largest absolute Gasteiger partial charge is 0.480 e. The summed E-state index contributed by atoms with van der Waals surface area (Å²) in [7, 11) is 0. The number of nitrogens with one attached hydrogen (secondary N) is 1. The lowest BCUT2D eigenvalue weighted by atomic mass is 9.86. The number of rotatable bonds is 6. The van der Waals surface area contributed by atoms with Crippen molar-refractivity contribution < 1.29 is 19.5 Å². The van der Waals surface area contributed by atoms with Gasteiger partial charge in [0.05, 0.1) is 24.3 Å². The quantitative estimate of drug-likeness (QED) is 0.638. The molecular formula is C28H38N4O4. The topological polar surface area (TPSA) is 105 Å². The zero-order valence-corrected chi connectivity index (χ0v) is 21.8. The molecule has 1 aromatic carbocycles. The van der Waals surface area contributed by atoms with Crippen molar-refractivity contribution in [3.8, 4) is 0 Å². The smallest absolute Gasteiger partial charge is 0.325 e. The summed E-state index contributed by atoms with van der Waals surface area (Å²) in [6, 6.07) is 6.78. The molecule has 0 radical (unpaired) electrons. The van der Waals surface area contributed by atoms with Gasteiger partial charge >= 0.3 is 5.97 Å². The molecule has 8 heteroatoms. The predicted octanol–water partition coefficient (Wildman–Crippen LogP) is 3.65. The van der Waals surface area contributed by atoms with Crippen molar-refractivity contribution in [1.82, 2.24) is 19.8 Å². The third kappa shape index (κ3) is 5.63. The molecular weight excluding hydrogens is 456 g/mol. The van der Waals surface area contributed by atoms with Crippen LogP contribution in [0.1, 0.15) is 82.3 Å². The number of nitrogens with zero attached hydrogens (tertiary/aromatic N) is 3. The molecule has 2 atom stereocenters. The maximum atomic E-state index is 13.6. The molecule has 1 saturated carbocycles. The zero-order chi connectivity index (χ0) is 26.0. The molecule has 2 amide bonds. The molecule has 2 aromatic rings. The fourth-order valence-electron chi connectivity index (χ4n) is 5.23. The number of carboxylic acid groups (broad SMARTS) is 1. The van der Waals surface area contributed by atoms with Crippen LogP contribution in [0.3, 0.4) is 0 Å². The van der Waals surface area contributed by atoms with Crippen LogP contribution in [-0.4, -0.2) is 49.4 Å². The number of carbonyl (C=O) groups excluding carboxylic acids is 2. The zero-order valence-electron chi connectivity index (χ0n) is 21.8. The van der Waals surface area contributed by atoms with E-state index in [1.807, 2.05) is 0 Å². The molecule has 2 aliphatic rings. The Balaban J connectivity index is 1.59. The maximum Gasteiger partial charge on any atom is 0.325 e. The summed E-state index contributed by atoms with van der Waals surface area (Å²) < 4.78 is 2.07. The first-order valence-electron chi connectivity index (χ1n) is 13.0. The predicted molar refractivity (Wildman–Crippen MR) is 136 cm³/mol. The Bertz CT molecular complexity index is 1110. The van der Waals surface area contributed by atoms with Gasteiger partial charge in [0.25, 0.3) is 0 Å². The molecule has 1 aliphatic heterocycles. The van der Waals surface area contributed by atoms with Crippen LogP contribution >= 0.6 is 0 Å². The highest BCUT2D eigenvalue weighted by Crippen LogP contribution is 2.31. The number of hydrogen-bond donors (Lipinski definition) is 2. The SMILES string of the molecule is CC(NC(=O)C1Cc2ncn(Cc3ccc(C(C)(C)C)cc3)c2CN1C(=O)C1CCCCC1)C(=O)O. The van der Waals surface area contributed by atoms with E-state index in [1.54, 1.807) is 11.2 Å². The van der Waals surface area contributed by atoms with Gasteiger partial charge in [-0.1, -0.05) is 64.3 Å². The van der Waals surface area contributed by atoms with E-state index >= 15 is 0 Å². The van der Waals surface area contributed by atoms with Crippen molar-refractivity contribution in [2.75, 3.05) is 0 Å². The highest BCUT2D eigenvalue weighted by molar-refractivity contribution is 5.91. The van der Waals surface area contributed by atoms with E-state index < -0.39 is 24.0 Å². The molecule has 8 nitrogen and oxygen atoms in total. The second-order valence-corrected chi connectivity index (χ2v) is 11.3. The first-order valence-corrected chi connectivity index (χ1v) is 13.0. The van der Waals surface area contributed by atoms with Crippen molar-refractivity contribution in [3.05, 3.63) is 53.1 Å². The monoisotopic (exact) mass is 494 g/mol. The molecule has 0 saturated heterocycles. The Morgan fingerprint density at radius 1 is 1.11 bits per heavy atom. The van der Waals surface area contributed by atoms with Gasteiger partial charge in [0.15, 0.2) is 0 Å². The Kier molecular flexibility index (Phi) is 7.52. The molecule has 4 rings (SSSR count). The van der Waals surface area contributed by atoms with Gasteiger partial charge in [-0.25, -0.2) is 4.98 Å². The lowest BCUT2D eigenvalue weighted by Gasteiger charge is -2.38. The van der Waals surface area contributed by atoms with Crippen LogP contribution in [-0.2, 0) is 39.3 Å². The molecule has 2 unspecified atom stereocenters. The van der Waals surface area contributed by atoms with E-state index in [-0.39, 0.29) is 23.7 Å². The summed E-state index contributed by atoms with van der Waals surface area (Å²) in [5.74, 6) is -1.64. The molecule has 1 fully saturated rings. The number of aromatic nitrogens is 2. The van der Waals surface area contributed by atoms with Crippen molar-refractivity contribution in [1.29, 1.82) is 0 Å². The summed E-state index contributed by atoms with van der Waals surface area (Å²) in [5, 5.41) is 11.8. The highest BCUT2D eigenvalue weighted by Gasteiger charge is 2.40. The van der Waals surface area contributed by atoms with E-state index in [2.05, 4.69) is 59.9 Å². The number of aliphatic carboxylic acids is 1. The molecule has 0 bridgehead atoms. The van der Waals surface area contributed by atoms with Gasteiger partial charge in [-0.2, -0.15) is 0 Å². The van der Waals surface area contributed by atoms with Gasteiger partial charge in [-0.05, 0) is 36.3 Å². The number of benzene rings is 1. The number of carbonyl (C=O) groups is 3. The lowest BCUT2D eigenvalue weighted by Crippen LogP contribution is -2.56. The number of carboxylic acids is 1. The van der Waals surface area contributed by atoms with Crippen LogP contribution in [0.15, 0.2) is 30.6 Å². The van der Waals surface area contributed by atoms with Gasteiger partial charge in [-0.3, -0.25) is 14.4 Å². The van der Waals surface area contributed by atoms with Gasteiger partial charge in [0, 0.05) is 18.9 Å². The molecule has 1 aliphatic carbocycles. The molecule has 2 heterocycles. The highest BCUT2D eigenvalue weighted by atomic mass is 16.4. The Hall–Kier alpha value is -3.16. The summed E-state index contributed by atoms with van der Waals surface area (Å²) in [5.41, 5.74) is 4.23. The van der Waals surface area contributed by atoms with E-state index in [4.69, 9.17) is 0 Å². The standard InChI is InChI=1S/C28H38N4O4/c1-18(27(35)36)30-25(33)23-14-22-24(16-32(23)26(34)20-8-6-5-7-9-20)31(17-29-22)15-19-10-12-21(13-11-19)28(2,3)4/h10-13,17-18,20,23H,5-9,14-16H2,1-4H3,(H,30,33)(H,35,36). The second-order valence-electron chi connectivity index (χ2n) is 11.3. The summed E-state index contributed by atoms with van der Waals surface area (Å²) >= 11 is 0. The summed E-state index contributed by atoms with van der Waals surface area (Å²) in [6.45, 7) is 8.93. The van der Waals surface area contributed by atoms with Crippen LogP contribution < -0.4 is 5.32 Å². The van der Waals surface area contributed by atoms with Crippen LogP contribution in [0.4, 0.5) is 0 Å². The number of hydrogen-bond acceptors (Lipinski definition) is 4. The first-order chi connectivity index (χ1) is 17.0. The van der Waals surface area contributed by atoms with Gasteiger partial charge < -0.3 is 19.9 Å². The van der Waals surface area contributed by atoms with E-state index in [0.29, 0.717) is 13.1 Å². The van der Waals surface area contributed by atoms with Gasteiger partial charge in [0.2, 0.25) is 11.8 Å². The fraction of sp³-hybridized carbons (Fsp3) is 0.571. The summed E-state index contributed by atoms with van der Waals surface area (Å²) in [4.78, 5) is 44.3. The molecule has 194 valence electrons. The molecule has 2 N–H and O–H groups in total. The number of fused-ring (bicyclic) bond motifs is 1. The minimum absolute atomic E-state index is 0.00856. The second kappa shape index (κ2) is 10.4. The van der Waals surface area contributed by atoms with Crippen LogP contribution in [0, 0.1) is 5.92 Å². The normalized spacial score (nSPS) is 19.4. The minimum atomic E-state index is -1.10. The van der Waals surface area contributed by atoms with Crippen LogP contribution in [0.25, 0.3) is 0 Å². The average molecular weight is 495 g/mol.